The zero-order valence-corrected chi connectivity index (χ0v) is 12.9. The third-order valence-corrected chi connectivity index (χ3v) is 4.67. The summed E-state index contributed by atoms with van der Waals surface area (Å²) < 4.78 is 0. The van der Waals surface area contributed by atoms with Crippen molar-refractivity contribution in [2.24, 2.45) is 0 Å². The molecule has 3 rings (SSSR count). The summed E-state index contributed by atoms with van der Waals surface area (Å²) in [4.78, 5) is 12.6. The number of rotatable bonds is 4. The van der Waals surface area contributed by atoms with E-state index >= 15 is 0 Å². The first-order valence-electron chi connectivity index (χ1n) is 7.20. The monoisotopic (exact) mass is 304 g/mol. The third kappa shape index (κ3) is 3.46. The third-order valence-electron chi connectivity index (χ3n) is 3.44. The normalized spacial score (nSPS) is 10.6. The van der Waals surface area contributed by atoms with E-state index in [0.29, 0.717) is 0 Å². The molecule has 0 N–H and O–H groups in total. The number of benzene rings is 3. The maximum atomic E-state index is 12.6. The number of hydrogen-bond donors (Lipinski definition) is 0. The van der Waals surface area contributed by atoms with E-state index in [2.05, 4.69) is 24.3 Å². The maximum Gasteiger partial charge on any atom is 0.220 e. The Morgan fingerprint density at radius 1 is 0.636 bits per heavy atom. The molecule has 3 aromatic rings. The molecule has 0 aromatic heterocycles. The molecule has 0 unspecified atom stereocenters. The molecule has 0 atom stereocenters. The second-order valence-electron chi connectivity index (χ2n) is 4.97. The Bertz CT molecular complexity index is 684. The van der Waals surface area contributed by atoms with Crippen LogP contribution in [-0.4, -0.2) is 5.12 Å². The van der Waals surface area contributed by atoms with Gasteiger partial charge in [-0.05, 0) is 11.1 Å². The SMILES string of the molecule is O=C(SC(c1ccccc1)c1ccccc1)c1ccccc1. The van der Waals surface area contributed by atoms with E-state index in [-0.39, 0.29) is 10.4 Å². The van der Waals surface area contributed by atoms with Gasteiger partial charge in [0.25, 0.3) is 0 Å². The van der Waals surface area contributed by atoms with E-state index in [1.54, 1.807) is 0 Å². The Morgan fingerprint density at radius 3 is 1.50 bits per heavy atom. The summed E-state index contributed by atoms with van der Waals surface area (Å²) in [6.45, 7) is 0. The van der Waals surface area contributed by atoms with Crippen molar-refractivity contribution in [3.8, 4) is 0 Å². The molecule has 0 heterocycles. The molecule has 0 spiro atoms. The van der Waals surface area contributed by atoms with Gasteiger partial charge in [-0.15, -0.1) is 0 Å². The minimum Gasteiger partial charge on any atom is -0.282 e. The van der Waals surface area contributed by atoms with E-state index < -0.39 is 0 Å². The number of carbonyl (C=O) groups excluding carboxylic acids is 1. The van der Waals surface area contributed by atoms with Gasteiger partial charge in [0.2, 0.25) is 5.12 Å². The van der Waals surface area contributed by atoms with Crippen LogP contribution in [0.3, 0.4) is 0 Å². The van der Waals surface area contributed by atoms with Crippen molar-refractivity contribution in [3.63, 3.8) is 0 Å². The summed E-state index contributed by atoms with van der Waals surface area (Å²) in [5, 5.41) is 0.105. The summed E-state index contributed by atoms with van der Waals surface area (Å²) in [5.41, 5.74) is 3.02. The van der Waals surface area contributed by atoms with Gasteiger partial charge in [0.05, 0.1) is 5.25 Å². The van der Waals surface area contributed by atoms with Crippen LogP contribution >= 0.6 is 11.8 Å². The van der Waals surface area contributed by atoms with Crippen LogP contribution in [0.4, 0.5) is 0 Å². The lowest BCUT2D eigenvalue weighted by atomic mass is 10.0. The molecule has 0 saturated carbocycles. The predicted octanol–water partition coefficient (Wildman–Crippen LogP) is 5.35. The molecule has 22 heavy (non-hydrogen) atoms. The average Bonchev–Trinajstić information content (AvgIpc) is 2.62. The number of carbonyl (C=O) groups is 1. The summed E-state index contributed by atoms with van der Waals surface area (Å²) in [7, 11) is 0. The topological polar surface area (TPSA) is 17.1 Å². The van der Waals surface area contributed by atoms with Crippen LogP contribution < -0.4 is 0 Å². The average molecular weight is 304 g/mol. The van der Waals surface area contributed by atoms with Crippen LogP contribution in [0.25, 0.3) is 0 Å². The summed E-state index contributed by atoms with van der Waals surface area (Å²) in [5.74, 6) is 0. The molecule has 108 valence electrons. The fourth-order valence-corrected chi connectivity index (χ4v) is 3.41. The molecular formula is C20H16OS. The summed E-state index contributed by atoms with van der Waals surface area (Å²) >= 11 is 1.37. The molecule has 0 aliphatic rings. The van der Waals surface area contributed by atoms with Crippen LogP contribution in [0.1, 0.15) is 26.7 Å². The highest BCUT2D eigenvalue weighted by atomic mass is 32.2. The highest BCUT2D eigenvalue weighted by molar-refractivity contribution is 8.14. The molecule has 0 radical (unpaired) electrons. The fourth-order valence-electron chi connectivity index (χ4n) is 2.33. The smallest absolute Gasteiger partial charge is 0.220 e. The van der Waals surface area contributed by atoms with Gasteiger partial charge in [0.15, 0.2) is 0 Å². The highest BCUT2D eigenvalue weighted by Gasteiger charge is 2.19. The molecule has 2 heteroatoms. The molecular weight excluding hydrogens is 288 g/mol. The Morgan fingerprint density at radius 2 is 1.05 bits per heavy atom. The van der Waals surface area contributed by atoms with Gasteiger partial charge in [-0.1, -0.05) is 103 Å². The Hall–Kier alpha value is -2.32. The van der Waals surface area contributed by atoms with Crippen LogP contribution in [0.2, 0.25) is 0 Å². The van der Waals surface area contributed by atoms with E-state index in [1.165, 1.54) is 11.8 Å². The van der Waals surface area contributed by atoms with Crippen LogP contribution in [0.15, 0.2) is 91.0 Å². The molecule has 0 aliphatic carbocycles. The summed E-state index contributed by atoms with van der Waals surface area (Å²) in [6.07, 6.45) is 0. The van der Waals surface area contributed by atoms with Gasteiger partial charge in [0.1, 0.15) is 0 Å². The Labute approximate surface area is 135 Å². The van der Waals surface area contributed by atoms with Gasteiger partial charge in [-0.3, -0.25) is 4.79 Å². The second kappa shape index (κ2) is 7.10. The van der Waals surface area contributed by atoms with Crippen LogP contribution in [0.5, 0.6) is 0 Å². The van der Waals surface area contributed by atoms with Gasteiger partial charge in [-0.25, -0.2) is 0 Å². The first-order valence-corrected chi connectivity index (χ1v) is 8.08. The standard InChI is InChI=1S/C20H16OS/c21-20(18-14-8-3-9-15-18)22-19(16-10-4-1-5-11-16)17-12-6-2-7-13-17/h1-15,19H. The van der Waals surface area contributed by atoms with E-state index in [0.717, 1.165) is 16.7 Å². The molecule has 0 amide bonds. The second-order valence-corrected chi connectivity index (χ2v) is 6.05. The van der Waals surface area contributed by atoms with E-state index in [1.807, 2.05) is 66.7 Å². The van der Waals surface area contributed by atoms with Crippen molar-refractivity contribution >= 4 is 16.9 Å². The molecule has 1 nitrogen and oxygen atoms in total. The van der Waals surface area contributed by atoms with Crippen molar-refractivity contribution in [1.29, 1.82) is 0 Å². The van der Waals surface area contributed by atoms with Crippen LogP contribution in [0, 0.1) is 0 Å². The lowest BCUT2D eigenvalue weighted by molar-refractivity contribution is 0.108. The van der Waals surface area contributed by atoms with E-state index in [9.17, 15) is 4.79 Å². The Kier molecular flexibility index (Phi) is 4.71. The van der Waals surface area contributed by atoms with Crippen molar-refractivity contribution < 1.29 is 4.79 Å². The molecule has 3 aromatic carbocycles. The van der Waals surface area contributed by atoms with Crippen LogP contribution in [-0.2, 0) is 0 Å². The first-order chi connectivity index (χ1) is 10.8. The molecule has 0 bridgehead atoms. The lowest BCUT2D eigenvalue weighted by Crippen LogP contribution is -2.02. The first kappa shape index (κ1) is 14.6. The largest absolute Gasteiger partial charge is 0.282 e. The predicted molar refractivity (Wildman–Crippen MR) is 93.1 cm³/mol. The minimum atomic E-state index is 0.00936. The van der Waals surface area contributed by atoms with Gasteiger partial charge < -0.3 is 0 Å². The Balaban J connectivity index is 1.91. The molecule has 0 fully saturated rings. The summed E-state index contributed by atoms with van der Waals surface area (Å²) in [6, 6.07) is 29.8. The van der Waals surface area contributed by atoms with E-state index in [4.69, 9.17) is 0 Å². The van der Waals surface area contributed by atoms with Crippen molar-refractivity contribution in [3.05, 3.63) is 108 Å². The van der Waals surface area contributed by atoms with Crippen molar-refractivity contribution in [2.75, 3.05) is 0 Å². The van der Waals surface area contributed by atoms with Gasteiger partial charge in [-0.2, -0.15) is 0 Å². The zero-order chi connectivity index (χ0) is 15.2. The molecule has 0 saturated heterocycles. The maximum absolute atomic E-state index is 12.6. The minimum absolute atomic E-state index is 0.00936. The fraction of sp³-hybridized carbons (Fsp3) is 0.0500. The van der Waals surface area contributed by atoms with Crippen molar-refractivity contribution in [1.82, 2.24) is 0 Å². The van der Waals surface area contributed by atoms with Crippen molar-refractivity contribution in [2.45, 2.75) is 5.25 Å². The van der Waals surface area contributed by atoms with Gasteiger partial charge >= 0.3 is 0 Å². The quantitative estimate of drug-likeness (QED) is 0.646. The molecule has 0 aliphatic heterocycles. The highest BCUT2D eigenvalue weighted by Crippen LogP contribution is 2.37. The van der Waals surface area contributed by atoms with Gasteiger partial charge in [0, 0.05) is 5.56 Å². The zero-order valence-electron chi connectivity index (χ0n) is 12.1. The number of hydrogen-bond acceptors (Lipinski definition) is 2. The lowest BCUT2D eigenvalue weighted by Gasteiger charge is -2.16. The number of thioether (sulfide) groups is 1.